The lowest BCUT2D eigenvalue weighted by atomic mass is 10.6. The summed E-state index contributed by atoms with van der Waals surface area (Å²) in [7, 11) is 0. The first-order valence-corrected chi connectivity index (χ1v) is 4.28. The standard InChI is InChI=1S/C7H11F2N5O/c1-2-15-7-13-5(10)12-6(14-7)11-3-4(8)9/h4H,2-3H2,1H3,(H3,10,11,12,13,14). The molecule has 3 N–H and O–H groups in total. The number of hydrogen-bond donors (Lipinski definition) is 2. The fourth-order valence-corrected chi connectivity index (χ4v) is 0.813. The van der Waals surface area contributed by atoms with E-state index in [0.717, 1.165) is 0 Å². The zero-order chi connectivity index (χ0) is 11.3. The van der Waals surface area contributed by atoms with Gasteiger partial charge in [0.05, 0.1) is 13.2 Å². The summed E-state index contributed by atoms with van der Waals surface area (Å²) in [5.41, 5.74) is 5.33. The second-order valence-corrected chi connectivity index (χ2v) is 2.50. The molecular formula is C7H11F2N5O. The summed E-state index contributed by atoms with van der Waals surface area (Å²) >= 11 is 0. The van der Waals surface area contributed by atoms with Gasteiger partial charge in [-0.2, -0.15) is 15.0 Å². The van der Waals surface area contributed by atoms with Crippen molar-refractivity contribution in [3.05, 3.63) is 0 Å². The molecule has 0 amide bonds. The van der Waals surface area contributed by atoms with E-state index >= 15 is 0 Å². The Hall–Kier alpha value is -1.73. The molecule has 8 heteroatoms. The zero-order valence-corrected chi connectivity index (χ0v) is 8.07. The molecule has 0 saturated carbocycles. The smallest absolute Gasteiger partial charge is 0.323 e. The molecular weight excluding hydrogens is 208 g/mol. The minimum atomic E-state index is -2.49. The van der Waals surface area contributed by atoms with Gasteiger partial charge in [0.2, 0.25) is 11.9 Å². The molecule has 0 aliphatic rings. The molecule has 0 spiro atoms. The molecule has 0 atom stereocenters. The number of nitrogens with one attached hydrogen (secondary N) is 1. The molecule has 0 unspecified atom stereocenters. The number of anilines is 2. The van der Waals surface area contributed by atoms with Crippen molar-refractivity contribution in [2.75, 3.05) is 24.2 Å². The Labute approximate surface area is 84.9 Å². The van der Waals surface area contributed by atoms with E-state index in [1.807, 2.05) is 0 Å². The lowest BCUT2D eigenvalue weighted by molar-refractivity contribution is 0.163. The predicted molar refractivity (Wildman–Crippen MR) is 49.9 cm³/mol. The van der Waals surface area contributed by atoms with Crippen molar-refractivity contribution in [1.82, 2.24) is 15.0 Å². The van der Waals surface area contributed by atoms with Gasteiger partial charge in [-0.3, -0.25) is 0 Å². The van der Waals surface area contributed by atoms with Crippen molar-refractivity contribution in [3.63, 3.8) is 0 Å². The van der Waals surface area contributed by atoms with Gasteiger partial charge in [-0.25, -0.2) is 8.78 Å². The van der Waals surface area contributed by atoms with Crippen LogP contribution in [0.2, 0.25) is 0 Å². The summed E-state index contributed by atoms with van der Waals surface area (Å²) in [6.45, 7) is 1.55. The highest BCUT2D eigenvalue weighted by molar-refractivity contribution is 5.32. The van der Waals surface area contributed by atoms with Gasteiger partial charge < -0.3 is 15.8 Å². The molecule has 0 aromatic carbocycles. The molecule has 15 heavy (non-hydrogen) atoms. The van der Waals surface area contributed by atoms with Crippen molar-refractivity contribution in [1.29, 1.82) is 0 Å². The van der Waals surface area contributed by atoms with Crippen LogP contribution < -0.4 is 15.8 Å². The highest BCUT2D eigenvalue weighted by atomic mass is 19.3. The highest BCUT2D eigenvalue weighted by Gasteiger charge is 2.07. The van der Waals surface area contributed by atoms with Gasteiger partial charge >= 0.3 is 6.01 Å². The first-order chi connectivity index (χ1) is 7.11. The van der Waals surface area contributed by atoms with Gasteiger partial charge in [0.25, 0.3) is 6.43 Å². The van der Waals surface area contributed by atoms with Crippen LogP contribution in [0.15, 0.2) is 0 Å². The Morgan fingerprint density at radius 1 is 1.40 bits per heavy atom. The Bertz CT molecular complexity index is 322. The Morgan fingerprint density at radius 3 is 2.73 bits per heavy atom. The summed E-state index contributed by atoms with van der Waals surface area (Å²) in [5, 5.41) is 2.31. The summed E-state index contributed by atoms with van der Waals surface area (Å²) in [5.74, 6) is -0.100. The normalized spacial score (nSPS) is 10.4. The summed E-state index contributed by atoms with van der Waals surface area (Å²) in [6, 6.07) is 0.0155. The third-order valence-corrected chi connectivity index (χ3v) is 1.32. The van der Waals surface area contributed by atoms with Gasteiger partial charge in [0, 0.05) is 0 Å². The molecule has 0 radical (unpaired) electrons. The van der Waals surface area contributed by atoms with Gasteiger partial charge in [0.15, 0.2) is 0 Å². The SMILES string of the molecule is CCOc1nc(N)nc(NCC(F)F)n1. The van der Waals surface area contributed by atoms with Crippen molar-refractivity contribution < 1.29 is 13.5 Å². The van der Waals surface area contributed by atoms with Crippen LogP contribution in [0.4, 0.5) is 20.7 Å². The molecule has 0 bridgehead atoms. The second-order valence-electron chi connectivity index (χ2n) is 2.50. The third-order valence-electron chi connectivity index (χ3n) is 1.32. The van der Waals surface area contributed by atoms with Crippen LogP contribution in [-0.4, -0.2) is 34.5 Å². The summed E-state index contributed by atoms with van der Waals surface area (Å²) in [4.78, 5) is 11.0. The maximum absolute atomic E-state index is 11.9. The number of nitrogen functional groups attached to an aromatic ring is 1. The van der Waals surface area contributed by atoms with Crippen molar-refractivity contribution in [3.8, 4) is 6.01 Å². The Morgan fingerprint density at radius 2 is 2.13 bits per heavy atom. The van der Waals surface area contributed by atoms with E-state index < -0.39 is 13.0 Å². The second kappa shape index (κ2) is 5.23. The molecule has 0 aliphatic heterocycles. The monoisotopic (exact) mass is 219 g/mol. The zero-order valence-electron chi connectivity index (χ0n) is 8.07. The van der Waals surface area contributed by atoms with Crippen LogP contribution in [0.25, 0.3) is 0 Å². The van der Waals surface area contributed by atoms with Crippen LogP contribution >= 0.6 is 0 Å². The number of nitrogens with two attached hydrogens (primary N) is 1. The number of rotatable bonds is 5. The average molecular weight is 219 g/mol. The van der Waals surface area contributed by atoms with Crippen LogP contribution in [-0.2, 0) is 0 Å². The lowest BCUT2D eigenvalue weighted by Crippen LogP contribution is -2.14. The number of nitrogens with zero attached hydrogens (tertiary/aromatic N) is 3. The van der Waals surface area contributed by atoms with Gasteiger partial charge in [0.1, 0.15) is 0 Å². The van der Waals surface area contributed by atoms with Crippen LogP contribution in [0.1, 0.15) is 6.92 Å². The minimum Gasteiger partial charge on any atom is -0.464 e. The maximum atomic E-state index is 11.9. The average Bonchev–Trinajstić information content (AvgIpc) is 2.14. The third kappa shape index (κ3) is 3.88. The minimum absolute atomic E-state index is 0.0155. The van der Waals surface area contributed by atoms with E-state index in [9.17, 15) is 8.78 Å². The van der Waals surface area contributed by atoms with Gasteiger partial charge in [-0.05, 0) is 6.92 Å². The fourth-order valence-electron chi connectivity index (χ4n) is 0.813. The van der Waals surface area contributed by atoms with Crippen molar-refractivity contribution in [2.45, 2.75) is 13.3 Å². The van der Waals surface area contributed by atoms with Crippen LogP contribution in [0.3, 0.4) is 0 Å². The fraction of sp³-hybridized carbons (Fsp3) is 0.571. The van der Waals surface area contributed by atoms with Crippen molar-refractivity contribution >= 4 is 11.9 Å². The van der Waals surface area contributed by atoms with Crippen LogP contribution in [0, 0.1) is 0 Å². The van der Waals surface area contributed by atoms with Crippen LogP contribution in [0.5, 0.6) is 6.01 Å². The summed E-state index contributed by atoms with van der Waals surface area (Å²) < 4.78 is 28.7. The molecule has 0 saturated heterocycles. The van der Waals surface area contributed by atoms with E-state index in [-0.39, 0.29) is 17.9 Å². The maximum Gasteiger partial charge on any atom is 0.323 e. The molecule has 6 nitrogen and oxygen atoms in total. The molecule has 0 aliphatic carbocycles. The largest absolute Gasteiger partial charge is 0.464 e. The van der Waals surface area contributed by atoms with Gasteiger partial charge in [-0.15, -0.1) is 0 Å². The van der Waals surface area contributed by atoms with Gasteiger partial charge in [-0.1, -0.05) is 0 Å². The molecule has 1 heterocycles. The van der Waals surface area contributed by atoms with E-state index in [4.69, 9.17) is 10.5 Å². The number of alkyl halides is 2. The lowest BCUT2D eigenvalue weighted by Gasteiger charge is -2.06. The molecule has 0 fully saturated rings. The van der Waals surface area contributed by atoms with E-state index in [0.29, 0.717) is 6.61 Å². The number of aromatic nitrogens is 3. The number of ether oxygens (including phenoxy) is 1. The van der Waals surface area contributed by atoms with E-state index in [1.54, 1.807) is 6.92 Å². The molecule has 1 rings (SSSR count). The predicted octanol–water partition coefficient (Wildman–Crippen LogP) is 0.530. The first kappa shape index (κ1) is 11.3. The van der Waals surface area contributed by atoms with Crippen molar-refractivity contribution in [2.24, 2.45) is 0 Å². The topological polar surface area (TPSA) is 86.0 Å². The highest BCUT2D eigenvalue weighted by Crippen LogP contribution is 2.08. The molecule has 1 aromatic rings. The number of halogens is 2. The molecule has 1 aromatic heterocycles. The Balaban J connectivity index is 2.70. The summed E-state index contributed by atoms with van der Waals surface area (Å²) in [6.07, 6.45) is -2.49. The number of hydrogen-bond acceptors (Lipinski definition) is 6. The van der Waals surface area contributed by atoms with E-state index in [1.165, 1.54) is 0 Å². The Kier molecular flexibility index (Phi) is 3.95. The quantitative estimate of drug-likeness (QED) is 0.751. The first-order valence-electron chi connectivity index (χ1n) is 4.28. The molecule has 84 valence electrons. The van der Waals surface area contributed by atoms with E-state index in [2.05, 4.69) is 20.3 Å².